The number of alkyl carbamates (subject to hydrolysis) is 1. The fourth-order valence-corrected chi connectivity index (χ4v) is 10.7. The minimum Gasteiger partial charge on any atom is -0.453 e. The summed E-state index contributed by atoms with van der Waals surface area (Å²) in [4.78, 5) is 75.7. The Kier molecular flexibility index (Phi) is 12.2. The van der Waals surface area contributed by atoms with Crippen molar-refractivity contribution in [2.75, 3.05) is 27.4 Å². The molecule has 352 valence electrons. The molecule has 0 spiro atoms. The third-order valence-electron chi connectivity index (χ3n) is 15.0. The van der Waals surface area contributed by atoms with Crippen LogP contribution in [0.3, 0.4) is 0 Å². The normalized spacial score (nSPS) is 21.9. The quantitative estimate of drug-likeness (QED) is 0.0886. The van der Waals surface area contributed by atoms with Gasteiger partial charge in [-0.2, -0.15) is 0 Å². The Morgan fingerprint density at radius 2 is 1.38 bits per heavy atom. The van der Waals surface area contributed by atoms with Gasteiger partial charge in [0.05, 0.1) is 47.9 Å². The summed E-state index contributed by atoms with van der Waals surface area (Å²) in [5, 5.41) is 10.0. The lowest BCUT2D eigenvalue weighted by molar-refractivity contribution is -0.138. The van der Waals surface area contributed by atoms with E-state index in [-0.39, 0.29) is 59.5 Å². The summed E-state index contributed by atoms with van der Waals surface area (Å²) in [5.74, 6) is 1.32. The summed E-state index contributed by atoms with van der Waals surface area (Å²) < 4.78 is 10.5. The summed E-state index contributed by atoms with van der Waals surface area (Å²) in [7, 11) is 3.00. The largest absolute Gasteiger partial charge is 0.453 e. The van der Waals surface area contributed by atoms with Gasteiger partial charge in [-0.1, -0.05) is 93.9 Å². The van der Waals surface area contributed by atoms with Crippen LogP contribution in [0.5, 0.6) is 0 Å². The molecule has 0 bridgehead atoms. The molecule has 4 N–H and O–H groups in total. The SMILES string of the molecule is CC[C@H](C)[C@H](NC(=O)OC)C(=O)N1[C@H](C)[C@H](C)C[C@H]1c1nc2c(ccc3cc(-c4ccc5c(ccc6[nH]c([C@@H]7C[C@H](COC)CN7C(=O)[C@H](NC(=O)C7CC7)c7ccccc7)nc65)c4)ccc32)[nH]1. The Bertz CT molecular complexity index is 3050. The van der Waals surface area contributed by atoms with E-state index in [0.717, 1.165) is 91.8 Å². The van der Waals surface area contributed by atoms with Crippen LogP contribution in [0.15, 0.2) is 91.0 Å². The van der Waals surface area contributed by atoms with Gasteiger partial charge in [-0.3, -0.25) is 14.4 Å². The lowest BCUT2D eigenvalue weighted by atomic mass is 9.97. The van der Waals surface area contributed by atoms with Crippen molar-refractivity contribution in [2.45, 2.75) is 90.0 Å². The number of aromatic nitrogens is 4. The van der Waals surface area contributed by atoms with Crippen molar-refractivity contribution in [3.05, 3.63) is 108 Å². The first kappa shape index (κ1) is 45.0. The number of carbonyl (C=O) groups excluding carboxylic acids is 4. The zero-order valence-electron chi connectivity index (χ0n) is 39.5. The Morgan fingerprint density at radius 1 is 0.765 bits per heavy atom. The second kappa shape index (κ2) is 18.4. The summed E-state index contributed by atoms with van der Waals surface area (Å²) in [6.45, 7) is 9.22. The van der Waals surface area contributed by atoms with Crippen LogP contribution in [0.2, 0.25) is 0 Å². The average molecular weight is 917 g/mol. The fraction of sp³-hybridized carbons (Fsp3) is 0.407. The molecule has 3 aliphatic rings. The molecule has 0 unspecified atom stereocenters. The number of amides is 4. The molecule has 8 atom stereocenters. The number of hydrogen-bond donors (Lipinski definition) is 4. The third kappa shape index (κ3) is 8.33. The number of benzene rings is 5. The van der Waals surface area contributed by atoms with Crippen molar-refractivity contribution >= 4 is 67.4 Å². The van der Waals surface area contributed by atoms with Crippen LogP contribution in [0.4, 0.5) is 4.79 Å². The van der Waals surface area contributed by atoms with E-state index in [1.54, 1.807) is 7.11 Å². The van der Waals surface area contributed by atoms with Crippen molar-refractivity contribution in [2.24, 2.45) is 23.7 Å². The highest BCUT2D eigenvalue weighted by Gasteiger charge is 2.45. The predicted octanol–water partition coefficient (Wildman–Crippen LogP) is 9.28. The van der Waals surface area contributed by atoms with E-state index < -0.39 is 18.2 Å². The number of rotatable bonds is 13. The minimum absolute atomic E-state index is 0.0341. The highest BCUT2D eigenvalue weighted by Crippen LogP contribution is 2.42. The number of hydrogen-bond acceptors (Lipinski definition) is 8. The highest BCUT2D eigenvalue weighted by molar-refractivity contribution is 6.07. The smallest absolute Gasteiger partial charge is 0.407 e. The lowest BCUT2D eigenvalue weighted by Crippen LogP contribution is -2.53. The maximum atomic E-state index is 14.6. The molecule has 14 heteroatoms. The van der Waals surface area contributed by atoms with Gasteiger partial charge in [-0.15, -0.1) is 0 Å². The van der Waals surface area contributed by atoms with Gasteiger partial charge in [0.25, 0.3) is 0 Å². The van der Waals surface area contributed by atoms with E-state index in [0.29, 0.717) is 25.4 Å². The van der Waals surface area contributed by atoms with Crippen LogP contribution in [-0.4, -0.2) is 93.0 Å². The van der Waals surface area contributed by atoms with Crippen molar-refractivity contribution in [1.82, 2.24) is 40.4 Å². The number of fused-ring (bicyclic) bond motifs is 6. The highest BCUT2D eigenvalue weighted by atomic mass is 16.5. The maximum absolute atomic E-state index is 14.6. The molecule has 5 aromatic carbocycles. The van der Waals surface area contributed by atoms with E-state index in [9.17, 15) is 19.2 Å². The number of likely N-dealkylation sites (tertiary alicyclic amines) is 2. The van der Waals surface area contributed by atoms with E-state index >= 15 is 0 Å². The molecular weight excluding hydrogens is 857 g/mol. The lowest BCUT2D eigenvalue weighted by Gasteiger charge is -2.34. The van der Waals surface area contributed by atoms with Crippen LogP contribution >= 0.6 is 0 Å². The Hall–Kier alpha value is -6.80. The molecule has 4 heterocycles. The van der Waals surface area contributed by atoms with Crippen LogP contribution in [0.1, 0.15) is 95.1 Å². The molecule has 2 aromatic heterocycles. The summed E-state index contributed by atoms with van der Waals surface area (Å²) >= 11 is 0. The van der Waals surface area contributed by atoms with Gasteiger partial charge in [0.1, 0.15) is 23.7 Å². The first-order valence-electron chi connectivity index (χ1n) is 24.1. The first-order chi connectivity index (χ1) is 32.9. The standard InChI is InChI=1S/C54H60N8O6/c1-7-29(2)45(60-54(66)68-6)53(65)62-31(4)30(3)23-44(62)50-56-42-22-18-38-26-36(16-20-40(38)48(42)58-50)35-15-19-39-37(25-35)17-21-41-47(39)57-49(55-41)43-24-32(28-67-5)27-61(43)52(64)46(33-11-9-8-10-12-33)59-51(63)34-13-14-34/h8-12,15-22,25-26,29-32,34,43-46H,7,13-14,23-24,27-28H2,1-6H3,(H,55,57)(H,56,58)(H,59,63)(H,60,66)/t29-,30+,31+,32-,43-,44-,45-,46+/m0/s1. The molecular formula is C54H60N8O6. The van der Waals surface area contributed by atoms with Gasteiger partial charge < -0.3 is 39.9 Å². The summed E-state index contributed by atoms with van der Waals surface area (Å²) in [5.41, 5.74) is 6.36. The van der Waals surface area contributed by atoms with Gasteiger partial charge in [0.2, 0.25) is 17.7 Å². The van der Waals surface area contributed by atoms with E-state index in [1.165, 1.54) is 7.11 Å². The second-order valence-electron chi connectivity index (χ2n) is 19.4. The minimum atomic E-state index is -0.797. The molecule has 1 saturated carbocycles. The second-order valence-corrected chi connectivity index (χ2v) is 19.4. The van der Waals surface area contributed by atoms with Crippen LogP contribution in [0, 0.1) is 23.7 Å². The van der Waals surface area contributed by atoms with Gasteiger partial charge in [-0.25, -0.2) is 14.8 Å². The molecule has 3 fully saturated rings. The fourth-order valence-electron chi connectivity index (χ4n) is 10.7. The monoisotopic (exact) mass is 916 g/mol. The van der Waals surface area contributed by atoms with Crippen LogP contribution in [-0.2, 0) is 23.9 Å². The van der Waals surface area contributed by atoms with Gasteiger partial charge in [0, 0.05) is 42.3 Å². The molecule has 2 saturated heterocycles. The van der Waals surface area contributed by atoms with Gasteiger partial charge in [-0.05, 0) is 96.2 Å². The Morgan fingerprint density at radius 3 is 1.96 bits per heavy atom. The summed E-state index contributed by atoms with van der Waals surface area (Å²) in [6, 6.07) is 28.6. The number of aromatic amines is 2. The zero-order valence-corrected chi connectivity index (χ0v) is 39.5. The van der Waals surface area contributed by atoms with Crippen LogP contribution < -0.4 is 10.6 Å². The Balaban J connectivity index is 0.927. The maximum Gasteiger partial charge on any atom is 0.407 e. The average Bonchev–Trinajstić information content (AvgIpc) is 3.62. The van der Waals surface area contributed by atoms with Crippen molar-refractivity contribution < 1.29 is 28.7 Å². The first-order valence-corrected chi connectivity index (χ1v) is 24.1. The number of carbonyl (C=O) groups is 4. The molecule has 1 aliphatic carbocycles. The van der Waals surface area contributed by atoms with Crippen LogP contribution in [0.25, 0.3) is 54.7 Å². The number of H-pyrrole nitrogens is 2. The van der Waals surface area contributed by atoms with Crippen molar-refractivity contribution in [3.63, 3.8) is 0 Å². The molecule has 2 aliphatic heterocycles. The molecule has 0 radical (unpaired) electrons. The Labute approximate surface area is 395 Å². The number of imidazole rings is 2. The number of nitrogens with zero attached hydrogens (tertiary/aromatic N) is 4. The number of nitrogens with one attached hydrogen (secondary N) is 4. The topological polar surface area (TPSA) is 175 Å². The van der Waals surface area contributed by atoms with Gasteiger partial charge in [0.15, 0.2) is 0 Å². The van der Waals surface area contributed by atoms with E-state index in [2.05, 4.69) is 95.1 Å². The van der Waals surface area contributed by atoms with Gasteiger partial charge >= 0.3 is 6.09 Å². The number of ether oxygens (including phenoxy) is 2. The predicted molar refractivity (Wildman–Crippen MR) is 262 cm³/mol. The molecule has 10 rings (SSSR count). The molecule has 14 nitrogen and oxygen atoms in total. The summed E-state index contributed by atoms with van der Waals surface area (Å²) in [6.07, 6.45) is 3.23. The molecule has 68 heavy (non-hydrogen) atoms. The number of methoxy groups -OCH3 is 2. The van der Waals surface area contributed by atoms with E-state index in [4.69, 9.17) is 19.4 Å². The van der Waals surface area contributed by atoms with Crippen molar-refractivity contribution in [3.8, 4) is 11.1 Å². The van der Waals surface area contributed by atoms with Crippen molar-refractivity contribution in [1.29, 1.82) is 0 Å². The van der Waals surface area contributed by atoms with E-state index in [1.807, 2.05) is 54.0 Å². The zero-order chi connectivity index (χ0) is 47.4. The molecule has 4 amide bonds. The third-order valence-corrected chi connectivity index (χ3v) is 15.0. The molecule has 7 aromatic rings.